The minimum Gasteiger partial charge on any atom is -0.345 e. The van der Waals surface area contributed by atoms with Crippen molar-refractivity contribution in [3.63, 3.8) is 0 Å². The van der Waals surface area contributed by atoms with E-state index in [0.29, 0.717) is 22.2 Å². The van der Waals surface area contributed by atoms with Gasteiger partial charge in [-0.1, -0.05) is 23.2 Å². The molecule has 1 saturated heterocycles. The molecule has 0 aliphatic carbocycles. The van der Waals surface area contributed by atoms with E-state index in [1.807, 2.05) is 4.90 Å². The molecule has 0 bridgehead atoms. The lowest BCUT2D eigenvalue weighted by molar-refractivity contribution is 0.0827. The third kappa shape index (κ3) is 4.31. The van der Waals surface area contributed by atoms with Crippen molar-refractivity contribution in [2.45, 2.75) is 12.8 Å². The number of amides is 2. The molecule has 1 aromatic carbocycles. The minimum atomic E-state index is -0.478. The number of anilines is 2. The molecule has 1 fully saturated rings. The van der Waals surface area contributed by atoms with Gasteiger partial charge >= 0.3 is 0 Å². The van der Waals surface area contributed by atoms with Crippen LogP contribution >= 0.6 is 23.2 Å². The fraction of sp³-hybridized carbons (Fsp3) is 0.333. The molecule has 2 heterocycles. The summed E-state index contributed by atoms with van der Waals surface area (Å²) in [5, 5.41) is 3.19. The molecule has 27 heavy (non-hydrogen) atoms. The van der Waals surface area contributed by atoms with Crippen molar-refractivity contribution in [2.75, 3.05) is 37.4 Å². The van der Waals surface area contributed by atoms with Gasteiger partial charge in [0.25, 0.3) is 11.8 Å². The Kier molecular flexibility index (Phi) is 5.82. The van der Waals surface area contributed by atoms with Crippen molar-refractivity contribution >= 4 is 46.7 Å². The zero-order valence-corrected chi connectivity index (χ0v) is 16.5. The van der Waals surface area contributed by atoms with Gasteiger partial charge in [0, 0.05) is 32.9 Å². The zero-order valence-electron chi connectivity index (χ0n) is 15.0. The summed E-state index contributed by atoms with van der Waals surface area (Å²) >= 11 is 12.2. The van der Waals surface area contributed by atoms with Crippen molar-refractivity contribution < 1.29 is 9.59 Å². The Bertz CT molecular complexity index is 882. The third-order valence-electron chi connectivity index (χ3n) is 4.20. The summed E-state index contributed by atoms with van der Waals surface area (Å²) in [4.78, 5) is 36.8. The van der Waals surface area contributed by atoms with E-state index in [4.69, 9.17) is 23.2 Å². The van der Waals surface area contributed by atoms with Crippen LogP contribution < -0.4 is 10.2 Å². The maximum atomic E-state index is 12.7. The van der Waals surface area contributed by atoms with Crippen molar-refractivity contribution in [2.24, 2.45) is 0 Å². The van der Waals surface area contributed by atoms with Crippen LogP contribution in [0.1, 0.15) is 33.7 Å². The van der Waals surface area contributed by atoms with E-state index in [9.17, 15) is 9.59 Å². The highest BCUT2D eigenvalue weighted by Gasteiger charge is 2.20. The van der Waals surface area contributed by atoms with Gasteiger partial charge in [0.1, 0.15) is 0 Å². The van der Waals surface area contributed by atoms with Crippen molar-refractivity contribution in [3.05, 3.63) is 45.7 Å². The van der Waals surface area contributed by atoms with Crippen LogP contribution in [0.4, 0.5) is 11.6 Å². The summed E-state index contributed by atoms with van der Waals surface area (Å²) in [7, 11) is 3.26. The number of hydrogen-bond acceptors (Lipinski definition) is 5. The molecule has 1 N–H and O–H groups in total. The first-order valence-corrected chi connectivity index (χ1v) is 9.22. The zero-order chi connectivity index (χ0) is 19.6. The van der Waals surface area contributed by atoms with Gasteiger partial charge in [-0.2, -0.15) is 0 Å². The fourth-order valence-electron chi connectivity index (χ4n) is 2.78. The van der Waals surface area contributed by atoms with Crippen LogP contribution in [0.2, 0.25) is 10.0 Å². The third-order valence-corrected chi connectivity index (χ3v) is 4.80. The second-order valence-corrected chi connectivity index (χ2v) is 7.22. The molecule has 2 amide bonds. The first-order chi connectivity index (χ1) is 12.9. The first kappa shape index (κ1) is 19.4. The molecule has 7 nitrogen and oxygen atoms in total. The molecule has 0 radical (unpaired) electrons. The molecule has 9 heteroatoms. The van der Waals surface area contributed by atoms with Crippen LogP contribution in [-0.2, 0) is 0 Å². The van der Waals surface area contributed by atoms with Crippen LogP contribution in [0.5, 0.6) is 0 Å². The SMILES string of the molecule is CN(C)C(=O)c1cc(NC(=O)c2nc(N3CCCC3)ncc2Cl)ccc1Cl. The van der Waals surface area contributed by atoms with E-state index < -0.39 is 5.91 Å². The predicted octanol–water partition coefficient (Wildman–Crippen LogP) is 3.34. The number of hydrogen-bond donors (Lipinski definition) is 1. The van der Waals surface area contributed by atoms with Gasteiger partial charge in [-0.25, -0.2) is 9.97 Å². The van der Waals surface area contributed by atoms with E-state index in [-0.39, 0.29) is 16.6 Å². The molecule has 0 spiro atoms. The molecule has 142 valence electrons. The predicted molar refractivity (Wildman–Crippen MR) is 106 cm³/mol. The smallest absolute Gasteiger partial charge is 0.276 e. The van der Waals surface area contributed by atoms with Crippen LogP contribution in [0.15, 0.2) is 24.4 Å². The summed E-state index contributed by atoms with van der Waals surface area (Å²) in [6.45, 7) is 1.71. The molecule has 0 atom stereocenters. The number of rotatable bonds is 4. The summed E-state index contributed by atoms with van der Waals surface area (Å²) in [5.41, 5.74) is 0.807. The van der Waals surface area contributed by atoms with Crippen LogP contribution in [-0.4, -0.2) is 53.9 Å². The van der Waals surface area contributed by atoms with E-state index >= 15 is 0 Å². The highest BCUT2D eigenvalue weighted by Crippen LogP contribution is 2.24. The quantitative estimate of drug-likeness (QED) is 0.840. The highest BCUT2D eigenvalue weighted by atomic mass is 35.5. The van der Waals surface area contributed by atoms with Crippen molar-refractivity contribution in [1.82, 2.24) is 14.9 Å². The molecule has 0 saturated carbocycles. The monoisotopic (exact) mass is 407 g/mol. The van der Waals surface area contributed by atoms with E-state index in [2.05, 4.69) is 15.3 Å². The standard InChI is InChI=1S/C18H19Cl2N5O2/c1-24(2)17(27)12-9-11(5-6-13(12)19)22-16(26)15-14(20)10-21-18(23-15)25-7-3-4-8-25/h5-6,9-10H,3-4,7-8H2,1-2H3,(H,22,26). The van der Waals surface area contributed by atoms with Gasteiger partial charge in [-0.05, 0) is 31.0 Å². The van der Waals surface area contributed by atoms with Crippen LogP contribution in [0.25, 0.3) is 0 Å². The average Bonchev–Trinajstić information content (AvgIpc) is 3.17. The number of carbonyl (C=O) groups is 2. The van der Waals surface area contributed by atoms with Gasteiger partial charge < -0.3 is 15.1 Å². The van der Waals surface area contributed by atoms with Crippen LogP contribution in [0.3, 0.4) is 0 Å². The second kappa shape index (κ2) is 8.10. The normalized spacial score (nSPS) is 13.6. The van der Waals surface area contributed by atoms with Crippen molar-refractivity contribution in [3.8, 4) is 0 Å². The maximum absolute atomic E-state index is 12.7. The lowest BCUT2D eigenvalue weighted by atomic mass is 10.1. The van der Waals surface area contributed by atoms with E-state index in [0.717, 1.165) is 25.9 Å². The van der Waals surface area contributed by atoms with Gasteiger partial charge in [-0.15, -0.1) is 0 Å². The van der Waals surface area contributed by atoms with Crippen LogP contribution in [0, 0.1) is 0 Å². The number of aromatic nitrogens is 2. The molecular weight excluding hydrogens is 389 g/mol. The molecule has 1 aliphatic heterocycles. The topological polar surface area (TPSA) is 78.4 Å². The molecular formula is C18H19Cl2N5O2. The average molecular weight is 408 g/mol. The maximum Gasteiger partial charge on any atom is 0.276 e. The largest absolute Gasteiger partial charge is 0.345 e. The number of benzene rings is 1. The summed E-state index contributed by atoms with van der Waals surface area (Å²) in [6.07, 6.45) is 3.57. The Balaban J connectivity index is 1.84. The van der Waals surface area contributed by atoms with E-state index in [1.165, 1.54) is 17.2 Å². The van der Waals surface area contributed by atoms with Gasteiger partial charge in [-0.3, -0.25) is 9.59 Å². The van der Waals surface area contributed by atoms with Gasteiger partial charge in [0.05, 0.1) is 21.8 Å². The molecule has 2 aromatic rings. The van der Waals surface area contributed by atoms with E-state index in [1.54, 1.807) is 26.2 Å². The Morgan fingerprint density at radius 3 is 2.52 bits per heavy atom. The summed E-state index contributed by atoms with van der Waals surface area (Å²) in [6, 6.07) is 4.70. The molecule has 1 aliphatic rings. The Morgan fingerprint density at radius 1 is 1.15 bits per heavy atom. The lowest BCUT2D eigenvalue weighted by Crippen LogP contribution is -2.23. The summed E-state index contributed by atoms with van der Waals surface area (Å²) in [5.74, 6) is -0.248. The van der Waals surface area contributed by atoms with Crippen molar-refractivity contribution in [1.29, 1.82) is 0 Å². The molecule has 0 unspecified atom stereocenters. The number of nitrogens with zero attached hydrogens (tertiary/aromatic N) is 4. The number of halogens is 2. The lowest BCUT2D eigenvalue weighted by Gasteiger charge is -2.16. The highest BCUT2D eigenvalue weighted by molar-refractivity contribution is 6.34. The minimum absolute atomic E-state index is 0.0870. The number of nitrogens with one attached hydrogen (secondary N) is 1. The number of carbonyl (C=O) groups excluding carboxylic acids is 2. The summed E-state index contributed by atoms with van der Waals surface area (Å²) < 4.78 is 0. The van der Waals surface area contributed by atoms with Gasteiger partial charge in [0.2, 0.25) is 5.95 Å². The Morgan fingerprint density at radius 2 is 1.85 bits per heavy atom. The Hall–Kier alpha value is -2.38. The molecule has 1 aromatic heterocycles. The fourth-order valence-corrected chi connectivity index (χ4v) is 3.16. The second-order valence-electron chi connectivity index (χ2n) is 6.41. The van der Waals surface area contributed by atoms with Gasteiger partial charge in [0.15, 0.2) is 5.69 Å². The Labute approximate surface area is 167 Å². The first-order valence-electron chi connectivity index (χ1n) is 8.47. The molecule has 3 rings (SSSR count).